The van der Waals surface area contributed by atoms with E-state index in [0.29, 0.717) is 0 Å². The van der Waals surface area contributed by atoms with E-state index in [4.69, 9.17) is 0 Å². The highest BCUT2D eigenvalue weighted by Crippen LogP contribution is 2.38. The molecule has 1 fully saturated rings. The van der Waals surface area contributed by atoms with Crippen LogP contribution < -0.4 is 0 Å². The molecule has 26 heavy (non-hydrogen) atoms. The molecule has 1 heterocycles. The maximum Gasteiger partial charge on any atom is 0.255 e. The molecule has 0 N–H and O–H groups in total. The minimum atomic E-state index is -0.246. The molecule has 1 aliphatic rings. The van der Waals surface area contributed by atoms with Crippen molar-refractivity contribution in [1.29, 1.82) is 0 Å². The standard InChI is InChI=1S/C22H26FNOS/c1-2-3-4-5-6-17-7-9-18(10-8-17)21(25)24-15-16-26-22(24)19-11-13-20(23)14-12-19/h7-14,22H,2-6,15-16H2,1H3. The molecule has 2 nitrogen and oxygen atoms in total. The molecule has 3 rings (SSSR count). The fraction of sp³-hybridized carbons (Fsp3) is 0.409. The van der Waals surface area contributed by atoms with Crippen molar-refractivity contribution in [2.75, 3.05) is 12.3 Å². The van der Waals surface area contributed by atoms with Gasteiger partial charge in [0.2, 0.25) is 0 Å². The zero-order valence-corrected chi connectivity index (χ0v) is 16.1. The molecule has 4 heteroatoms. The summed E-state index contributed by atoms with van der Waals surface area (Å²) in [6.07, 6.45) is 6.08. The van der Waals surface area contributed by atoms with E-state index >= 15 is 0 Å². The van der Waals surface area contributed by atoms with Gasteiger partial charge in [0.25, 0.3) is 5.91 Å². The van der Waals surface area contributed by atoms with Crippen molar-refractivity contribution < 1.29 is 9.18 Å². The van der Waals surface area contributed by atoms with Gasteiger partial charge >= 0.3 is 0 Å². The number of thioether (sulfide) groups is 1. The first-order chi connectivity index (χ1) is 12.7. The van der Waals surface area contributed by atoms with Crippen LogP contribution in [0.5, 0.6) is 0 Å². The molecule has 0 spiro atoms. The van der Waals surface area contributed by atoms with Crippen molar-refractivity contribution in [2.45, 2.75) is 44.4 Å². The summed E-state index contributed by atoms with van der Waals surface area (Å²) in [5, 5.41) is -0.0307. The van der Waals surface area contributed by atoms with Gasteiger partial charge in [0.05, 0.1) is 0 Å². The van der Waals surface area contributed by atoms with Crippen molar-refractivity contribution >= 4 is 17.7 Å². The van der Waals surface area contributed by atoms with E-state index in [-0.39, 0.29) is 17.1 Å². The van der Waals surface area contributed by atoms with Gasteiger partial charge in [0, 0.05) is 17.9 Å². The first-order valence-corrected chi connectivity index (χ1v) is 10.5. The van der Waals surface area contributed by atoms with E-state index in [1.165, 1.54) is 43.4 Å². The Morgan fingerprint density at radius 3 is 2.50 bits per heavy atom. The normalized spacial score (nSPS) is 16.8. The Bertz CT molecular complexity index is 714. The van der Waals surface area contributed by atoms with Gasteiger partial charge in [-0.2, -0.15) is 0 Å². The predicted octanol–water partition coefficient (Wildman–Crippen LogP) is 5.84. The van der Waals surface area contributed by atoms with Crippen molar-refractivity contribution in [3.05, 3.63) is 71.0 Å². The topological polar surface area (TPSA) is 20.3 Å². The van der Waals surface area contributed by atoms with Crippen LogP contribution >= 0.6 is 11.8 Å². The summed E-state index contributed by atoms with van der Waals surface area (Å²) in [5.41, 5.74) is 3.01. The molecule has 0 aromatic heterocycles. The average Bonchev–Trinajstić information content (AvgIpc) is 3.15. The zero-order chi connectivity index (χ0) is 18.4. The summed E-state index contributed by atoms with van der Waals surface area (Å²) in [4.78, 5) is 14.8. The molecule has 2 aromatic carbocycles. The Balaban J connectivity index is 1.65. The van der Waals surface area contributed by atoms with Gasteiger partial charge < -0.3 is 4.90 Å². The van der Waals surface area contributed by atoms with Crippen molar-refractivity contribution in [2.24, 2.45) is 0 Å². The number of hydrogen-bond acceptors (Lipinski definition) is 2. The third-order valence-electron chi connectivity index (χ3n) is 4.83. The highest BCUT2D eigenvalue weighted by Gasteiger charge is 2.31. The quantitative estimate of drug-likeness (QED) is 0.570. The van der Waals surface area contributed by atoms with Crippen LogP contribution in [0.1, 0.15) is 59.5 Å². The molecule has 0 aliphatic carbocycles. The lowest BCUT2D eigenvalue weighted by Gasteiger charge is -2.24. The second-order valence-electron chi connectivity index (χ2n) is 6.78. The fourth-order valence-electron chi connectivity index (χ4n) is 3.32. The number of carbonyl (C=O) groups is 1. The molecule has 1 aliphatic heterocycles. The molecular formula is C22H26FNOS. The predicted molar refractivity (Wildman–Crippen MR) is 107 cm³/mol. The number of rotatable bonds is 7. The van der Waals surface area contributed by atoms with E-state index in [9.17, 15) is 9.18 Å². The first-order valence-electron chi connectivity index (χ1n) is 9.46. The Kier molecular flexibility index (Phi) is 6.73. The number of nitrogens with zero attached hydrogens (tertiary/aromatic N) is 1. The molecule has 0 bridgehead atoms. The molecule has 1 atom stereocenters. The SMILES string of the molecule is CCCCCCc1ccc(C(=O)N2CCSC2c2ccc(F)cc2)cc1. The number of amides is 1. The monoisotopic (exact) mass is 371 g/mol. The van der Waals surface area contributed by atoms with Crippen LogP contribution in [0.15, 0.2) is 48.5 Å². The molecule has 0 saturated carbocycles. The van der Waals surface area contributed by atoms with Gasteiger partial charge in [-0.15, -0.1) is 11.8 Å². The lowest BCUT2D eigenvalue weighted by Crippen LogP contribution is -2.30. The number of hydrogen-bond donors (Lipinski definition) is 0. The van der Waals surface area contributed by atoms with Crippen LogP contribution in [-0.4, -0.2) is 23.1 Å². The van der Waals surface area contributed by atoms with E-state index in [1.54, 1.807) is 23.9 Å². The van der Waals surface area contributed by atoms with Gasteiger partial charge in [0.15, 0.2) is 0 Å². The number of unbranched alkanes of at least 4 members (excludes halogenated alkanes) is 3. The number of aryl methyl sites for hydroxylation is 1. The lowest BCUT2D eigenvalue weighted by molar-refractivity contribution is 0.0760. The Morgan fingerprint density at radius 2 is 1.81 bits per heavy atom. The Hall–Kier alpha value is -1.81. The molecule has 1 unspecified atom stereocenters. The molecule has 138 valence electrons. The van der Waals surface area contributed by atoms with Crippen LogP contribution in [0.25, 0.3) is 0 Å². The van der Waals surface area contributed by atoms with E-state index < -0.39 is 0 Å². The highest BCUT2D eigenvalue weighted by molar-refractivity contribution is 7.99. The third kappa shape index (κ3) is 4.67. The van der Waals surface area contributed by atoms with Crippen molar-refractivity contribution in [3.8, 4) is 0 Å². The maximum atomic E-state index is 13.2. The van der Waals surface area contributed by atoms with Crippen LogP contribution in [-0.2, 0) is 6.42 Å². The van der Waals surface area contributed by atoms with Crippen LogP contribution in [0.3, 0.4) is 0 Å². The summed E-state index contributed by atoms with van der Waals surface area (Å²) in [6, 6.07) is 14.5. The minimum Gasteiger partial charge on any atom is -0.322 e. The lowest BCUT2D eigenvalue weighted by atomic mass is 10.0. The molecule has 2 aromatic rings. The number of benzene rings is 2. The summed E-state index contributed by atoms with van der Waals surface area (Å²) in [7, 11) is 0. The summed E-state index contributed by atoms with van der Waals surface area (Å²) >= 11 is 1.73. The number of halogens is 1. The van der Waals surface area contributed by atoms with Crippen LogP contribution in [0.4, 0.5) is 4.39 Å². The van der Waals surface area contributed by atoms with E-state index in [0.717, 1.165) is 29.8 Å². The largest absolute Gasteiger partial charge is 0.322 e. The van der Waals surface area contributed by atoms with Gasteiger partial charge in [-0.25, -0.2) is 4.39 Å². The van der Waals surface area contributed by atoms with Crippen molar-refractivity contribution in [1.82, 2.24) is 4.90 Å². The van der Waals surface area contributed by atoms with Crippen molar-refractivity contribution in [3.63, 3.8) is 0 Å². The van der Waals surface area contributed by atoms with Gasteiger partial charge in [0.1, 0.15) is 11.2 Å². The second kappa shape index (κ2) is 9.22. The number of carbonyl (C=O) groups excluding carboxylic acids is 1. The van der Waals surface area contributed by atoms with Gasteiger partial charge in [-0.1, -0.05) is 50.5 Å². The van der Waals surface area contributed by atoms with E-state index in [2.05, 4.69) is 19.1 Å². The van der Waals surface area contributed by atoms with Gasteiger partial charge in [-0.05, 0) is 48.2 Å². The summed E-state index contributed by atoms with van der Waals surface area (Å²) in [5.74, 6) is 0.717. The molecule has 1 amide bonds. The molecular weight excluding hydrogens is 345 g/mol. The van der Waals surface area contributed by atoms with E-state index in [1.807, 2.05) is 17.0 Å². The molecule has 0 radical (unpaired) electrons. The zero-order valence-electron chi connectivity index (χ0n) is 15.3. The Labute approximate surface area is 159 Å². The Morgan fingerprint density at radius 1 is 1.08 bits per heavy atom. The second-order valence-corrected chi connectivity index (χ2v) is 7.97. The first kappa shape index (κ1) is 19.0. The molecule has 1 saturated heterocycles. The van der Waals surface area contributed by atoms with Crippen LogP contribution in [0, 0.1) is 5.82 Å². The highest BCUT2D eigenvalue weighted by atomic mass is 32.2. The van der Waals surface area contributed by atoms with Gasteiger partial charge in [-0.3, -0.25) is 4.79 Å². The smallest absolute Gasteiger partial charge is 0.255 e. The average molecular weight is 372 g/mol. The summed E-state index contributed by atoms with van der Waals surface area (Å²) in [6.45, 7) is 2.95. The third-order valence-corrected chi connectivity index (χ3v) is 6.09. The minimum absolute atomic E-state index is 0.0307. The van der Waals surface area contributed by atoms with Crippen LogP contribution in [0.2, 0.25) is 0 Å². The maximum absolute atomic E-state index is 13.2. The fourth-order valence-corrected chi connectivity index (χ4v) is 4.57. The summed E-state index contributed by atoms with van der Waals surface area (Å²) < 4.78 is 13.2.